The molecule has 1 aromatic carbocycles. The van der Waals surface area contributed by atoms with Gasteiger partial charge in [0.05, 0.1) is 24.8 Å². The number of nitrogens with one attached hydrogen (secondary N) is 2. The molecular weight excluding hydrogens is 438 g/mol. The molecule has 2 aromatic heterocycles. The van der Waals surface area contributed by atoms with Gasteiger partial charge in [-0.3, -0.25) is 14.1 Å². The summed E-state index contributed by atoms with van der Waals surface area (Å²) in [4.78, 5) is 12.2. The lowest BCUT2D eigenvalue weighted by atomic mass is 10.1. The maximum Gasteiger partial charge on any atom is 0.230 e. The molecule has 0 spiro atoms. The van der Waals surface area contributed by atoms with Crippen molar-refractivity contribution in [3.63, 3.8) is 0 Å². The standard InChI is InChI=1S/C20H25N5O4S2/c1-20(2,3)21-17(26)13-30-19-23-22-18(25(19)12-16-6-5-11-29-16)14-7-9-15(10-8-14)24-31(4,27)28/h5-11,24H,12-13H2,1-4H3,(H,21,26). The summed E-state index contributed by atoms with van der Waals surface area (Å²) in [6.07, 6.45) is 2.69. The largest absolute Gasteiger partial charge is 0.467 e. The van der Waals surface area contributed by atoms with Gasteiger partial charge in [-0.05, 0) is 57.2 Å². The lowest BCUT2D eigenvalue weighted by Gasteiger charge is -2.20. The summed E-state index contributed by atoms with van der Waals surface area (Å²) in [5.41, 5.74) is 0.896. The number of carbonyl (C=O) groups excluding carboxylic acids is 1. The summed E-state index contributed by atoms with van der Waals surface area (Å²) < 4.78 is 32.6. The first kappa shape index (κ1) is 22.9. The molecule has 166 valence electrons. The van der Waals surface area contributed by atoms with E-state index in [2.05, 4.69) is 20.2 Å². The molecule has 0 unspecified atom stereocenters. The number of carbonyl (C=O) groups is 1. The van der Waals surface area contributed by atoms with E-state index in [1.165, 1.54) is 11.8 Å². The van der Waals surface area contributed by atoms with Crippen molar-refractivity contribution in [3.05, 3.63) is 48.4 Å². The van der Waals surface area contributed by atoms with Gasteiger partial charge in [-0.2, -0.15) is 0 Å². The van der Waals surface area contributed by atoms with Crippen LogP contribution >= 0.6 is 11.8 Å². The van der Waals surface area contributed by atoms with Crippen LogP contribution in [0.1, 0.15) is 26.5 Å². The Labute approximate surface area is 185 Å². The fraction of sp³-hybridized carbons (Fsp3) is 0.350. The van der Waals surface area contributed by atoms with Crippen LogP contribution in [0, 0.1) is 0 Å². The molecule has 31 heavy (non-hydrogen) atoms. The van der Waals surface area contributed by atoms with E-state index in [9.17, 15) is 13.2 Å². The third-order valence-electron chi connectivity index (χ3n) is 3.90. The van der Waals surface area contributed by atoms with Crippen LogP contribution in [0.5, 0.6) is 0 Å². The van der Waals surface area contributed by atoms with Crippen LogP contribution in [0.3, 0.4) is 0 Å². The summed E-state index contributed by atoms with van der Waals surface area (Å²) in [6, 6.07) is 10.5. The number of anilines is 1. The molecule has 0 aliphatic carbocycles. The summed E-state index contributed by atoms with van der Waals surface area (Å²) in [5, 5.41) is 12.1. The lowest BCUT2D eigenvalue weighted by Crippen LogP contribution is -2.41. The molecule has 0 aliphatic heterocycles. The van der Waals surface area contributed by atoms with Gasteiger partial charge in [0.15, 0.2) is 11.0 Å². The molecule has 2 heterocycles. The van der Waals surface area contributed by atoms with Gasteiger partial charge in [0.25, 0.3) is 0 Å². The zero-order valence-corrected chi connectivity index (χ0v) is 19.4. The van der Waals surface area contributed by atoms with Crippen LogP contribution < -0.4 is 10.0 Å². The van der Waals surface area contributed by atoms with Gasteiger partial charge < -0.3 is 9.73 Å². The smallest absolute Gasteiger partial charge is 0.230 e. The van der Waals surface area contributed by atoms with Crippen molar-refractivity contribution < 1.29 is 17.6 Å². The lowest BCUT2D eigenvalue weighted by molar-refractivity contribution is -0.119. The predicted molar refractivity (Wildman–Crippen MR) is 120 cm³/mol. The van der Waals surface area contributed by atoms with Crippen molar-refractivity contribution in [1.29, 1.82) is 0 Å². The van der Waals surface area contributed by atoms with Crippen molar-refractivity contribution in [2.45, 2.75) is 38.0 Å². The second-order valence-electron chi connectivity index (χ2n) is 8.01. The Balaban J connectivity index is 1.85. The number of rotatable bonds is 8. The van der Waals surface area contributed by atoms with E-state index in [1.54, 1.807) is 36.6 Å². The highest BCUT2D eigenvalue weighted by molar-refractivity contribution is 7.99. The van der Waals surface area contributed by atoms with E-state index in [0.717, 1.165) is 17.6 Å². The Morgan fingerprint density at radius 2 is 1.87 bits per heavy atom. The normalized spacial score (nSPS) is 12.0. The molecular formula is C20H25N5O4S2. The van der Waals surface area contributed by atoms with Crippen molar-refractivity contribution >= 4 is 33.4 Å². The molecule has 0 aliphatic rings. The zero-order chi connectivity index (χ0) is 22.6. The fourth-order valence-electron chi connectivity index (χ4n) is 2.80. The molecule has 3 rings (SSSR count). The Morgan fingerprint density at radius 3 is 2.45 bits per heavy atom. The average Bonchev–Trinajstić information content (AvgIpc) is 3.28. The summed E-state index contributed by atoms with van der Waals surface area (Å²) >= 11 is 1.29. The molecule has 3 aromatic rings. The van der Waals surface area contributed by atoms with Crippen LogP contribution in [0.15, 0.2) is 52.2 Å². The number of benzene rings is 1. The fourth-order valence-corrected chi connectivity index (χ4v) is 4.10. The van der Waals surface area contributed by atoms with Crippen molar-refractivity contribution in [2.75, 3.05) is 16.7 Å². The van der Waals surface area contributed by atoms with Crippen LogP contribution in [-0.4, -0.2) is 46.6 Å². The molecule has 9 nitrogen and oxygen atoms in total. The molecule has 0 fully saturated rings. The van der Waals surface area contributed by atoms with Gasteiger partial charge in [0.1, 0.15) is 5.76 Å². The molecule has 2 N–H and O–H groups in total. The summed E-state index contributed by atoms with van der Waals surface area (Å²) in [7, 11) is -3.36. The van der Waals surface area contributed by atoms with Gasteiger partial charge in [0.2, 0.25) is 15.9 Å². The second kappa shape index (κ2) is 9.15. The molecule has 0 bridgehead atoms. The predicted octanol–water partition coefficient (Wildman–Crippen LogP) is 2.96. The van der Waals surface area contributed by atoms with Crippen molar-refractivity contribution in [1.82, 2.24) is 20.1 Å². The topological polar surface area (TPSA) is 119 Å². The van der Waals surface area contributed by atoms with Crippen LogP contribution in [0.2, 0.25) is 0 Å². The van der Waals surface area contributed by atoms with E-state index < -0.39 is 10.0 Å². The maximum absolute atomic E-state index is 12.2. The van der Waals surface area contributed by atoms with E-state index >= 15 is 0 Å². The zero-order valence-electron chi connectivity index (χ0n) is 17.7. The van der Waals surface area contributed by atoms with E-state index in [0.29, 0.717) is 23.2 Å². The number of amides is 1. The Morgan fingerprint density at radius 1 is 1.16 bits per heavy atom. The SMILES string of the molecule is CC(C)(C)NC(=O)CSc1nnc(-c2ccc(NS(C)(=O)=O)cc2)n1Cc1ccco1. The minimum atomic E-state index is -3.36. The minimum absolute atomic E-state index is 0.0946. The number of thioether (sulfide) groups is 1. The van der Waals surface area contributed by atoms with Crippen LogP contribution in [0.25, 0.3) is 11.4 Å². The minimum Gasteiger partial charge on any atom is -0.467 e. The highest BCUT2D eigenvalue weighted by Crippen LogP contribution is 2.26. The van der Waals surface area contributed by atoms with Crippen LogP contribution in [0.4, 0.5) is 5.69 Å². The van der Waals surface area contributed by atoms with Gasteiger partial charge in [-0.1, -0.05) is 11.8 Å². The van der Waals surface area contributed by atoms with E-state index in [-0.39, 0.29) is 17.2 Å². The monoisotopic (exact) mass is 463 g/mol. The van der Waals surface area contributed by atoms with E-state index in [4.69, 9.17) is 4.42 Å². The molecule has 0 saturated heterocycles. The van der Waals surface area contributed by atoms with Crippen molar-refractivity contribution in [2.24, 2.45) is 0 Å². The maximum atomic E-state index is 12.2. The van der Waals surface area contributed by atoms with Gasteiger partial charge >= 0.3 is 0 Å². The first-order valence-corrected chi connectivity index (χ1v) is 12.4. The first-order chi connectivity index (χ1) is 14.5. The Hall–Kier alpha value is -2.79. The molecule has 0 atom stereocenters. The highest BCUT2D eigenvalue weighted by atomic mass is 32.2. The Bertz CT molecular complexity index is 1130. The number of hydrogen-bond acceptors (Lipinski definition) is 7. The Kier molecular flexibility index (Phi) is 6.75. The summed E-state index contributed by atoms with van der Waals surface area (Å²) in [5.74, 6) is 1.41. The number of aromatic nitrogens is 3. The molecule has 0 saturated carbocycles. The highest BCUT2D eigenvalue weighted by Gasteiger charge is 2.19. The average molecular weight is 464 g/mol. The van der Waals surface area contributed by atoms with Gasteiger partial charge in [0, 0.05) is 16.8 Å². The summed E-state index contributed by atoms with van der Waals surface area (Å²) in [6.45, 7) is 6.17. The first-order valence-electron chi connectivity index (χ1n) is 9.48. The van der Waals surface area contributed by atoms with Crippen LogP contribution in [-0.2, 0) is 21.4 Å². The van der Waals surface area contributed by atoms with Gasteiger partial charge in [-0.25, -0.2) is 8.42 Å². The van der Waals surface area contributed by atoms with Gasteiger partial charge in [-0.15, -0.1) is 10.2 Å². The number of hydrogen-bond donors (Lipinski definition) is 2. The third kappa shape index (κ3) is 6.86. The molecule has 0 radical (unpaired) electrons. The molecule has 1 amide bonds. The number of nitrogens with zero attached hydrogens (tertiary/aromatic N) is 3. The van der Waals surface area contributed by atoms with Crippen molar-refractivity contribution in [3.8, 4) is 11.4 Å². The quantitative estimate of drug-likeness (QED) is 0.493. The van der Waals surface area contributed by atoms with E-state index in [1.807, 2.05) is 31.4 Å². The number of furan rings is 1. The number of sulfonamides is 1. The second-order valence-corrected chi connectivity index (χ2v) is 10.7. The third-order valence-corrected chi connectivity index (χ3v) is 5.48. The molecule has 11 heteroatoms.